The van der Waals surface area contributed by atoms with Crippen LogP contribution in [0.15, 0.2) is 56.7 Å². The molecule has 1 heterocycles. The first kappa shape index (κ1) is 18.4. The Morgan fingerprint density at radius 2 is 2.08 bits per heavy atom. The van der Waals surface area contributed by atoms with E-state index in [0.29, 0.717) is 11.4 Å². The summed E-state index contributed by atoms with van der Waals surface area (Å²) in [6.45, 7) is 2.04. The third-order valence-electron chi connectivity index (χ3n) is 3.81. The normalized spacial score (nSPS) is 17.5. The predicted molar refractivity (Wildman–Crippen MR) is 103 cm³/mol. The number of benzene rings is 2. The van der Waals surface area contributed by atoms with Crippen LogP contribution < -0.4 is 10.0 Å². The highest BCUT2D eigenvalue weighted by molar-refractivity contribution is 9.10. The van der Waals surface area contributed by atoms with Crippen molar-refractivity contribution in [3.8, 4) is 0 Å². The highest BCUT2D eigenvalue weighted by Gasteiger charge is 2.22. The molecule has 0 aliphatic carbocycles. The summed E-state index contributed by atoms with van der Waals surface area (Å²) in [6.07, 6.45) is 0. The van der Waals surface area contributed by atoms with Crippen molar-refractivity contribution in [1.29, 1.82) is 0 Å². The molecule has 1 unspecified atom stereocenters. The van der Waals surface area contributed by atoms with E-state index in [-0.39, 0.29) is 23.3 Å². The Labute approximate surface area is 159 Å². The number of halogens is 1. The van der Waals surface area contributed by atoms with E-state index in [1.165, 1.54) is 6.07 Å². The van der Waals surface area contributed by atoms with E-state index in [1.54, 1.807) is 23.9 Å². The fourth-order valence-electron chi connectivity index (χ4n) is 2.35. The van der Waals surface area contributed by atoms with Crippen LogP contribution >= 0.6 is 27.7 Å². The fraction of sp³-hybridized carbons (Fsp3) is 0.235. The lowest BCUT2D eigenvalue weighted by Crippen LogP contribution is -2.24. The minimum absolute atomic E-state index is 0.0945. The highest BCUT2D eigenvalue weighted by Crippen LogP contribution is 2.34. The van der Waals surface area contributed by atoms with Crippen molar-refractivity contribution in [2.45, 2.75) is 23.3 Å². The molecule has 0 fully saturated rings. The second kappa shape index (κ2) is 7.49. The molecule has 8 heteroatoms. The summed E-state index contributed by atoms with van der Waals surface area (Å²) >= 11 is 4.92. The third kappa shape index (κ3) is 4.44. The van der Waals surface area contributed by atoms with E-state index in [9.17, 15) is 13.2 Å². The molecule has 0 saturated heterocycles. The zero-order valence-electron chi connectivity index (χ0n) is 13.5. The van der Waals surface area contributed by atoms with E-state index in [4.69, 9.17) is 0 Å². The molecular formula is C17H17BrN2O3S2. The zero-order chi connectivity index (χ0) is 18.0. The number of anilines is 1. The Morgan fingerprint density at radius 3 is 2.84 bits per heavy atom. The number of rotatable bonds is 4. The largest absolute Gasteiger partial charge is 0.325 e. The average Bonchev–Trinajstić information content (AvgIpc) is 2.72. The average molecular weight is 441 g/mol. The molecule has 0 spiro atoms. The van der Waals surface area contributed by atoms with Gasteiger partial charge in [0.05, 0.1) is 10.6 Å². The summed E-state index contributed by atoms with van der Waals surface area (Å²) in [5, 5.41) is 2.81. The van der Waals surface area contributed by atoms with Crippen LogP contribution in [0.3, 0.4) is 0 Å². The first-order valence-electron chi connectivity index (χ1n) is 7.67. The molecule has 5 nitrogen and oxygen atoms in total. The van der Waals surface area contributed by atoms with Gasteiger partial charge in [0.25, 0.3) is 0 Å². The second-order valence-corrected chi connectivity index (χ2v) is 9.56. The fourth-order valence-corrected chi connectivity index (χ4v) is 4.86. The van der Waals surface area contributed by atoms with Crippen molar-refractivity contribution >= 4 is 49.3 Å². The maximum absolute atomic E-state index is 12.6. The lowest BCUT2D eigenvalue weighted by Gasteiger charge is -2.11. The number of carbonyl (C=O) groups is 1. The van der Waals surface area contributed by atoms with E-state index in [2.05, 4.69) is 26.0 Å². The SMILES string of the molecule is CC1CSc2ccc(S(=O)(=O)NCc3cccc(Br)c3)cc2NC1=O. The van der Waals surface area contributed by atoms with Crippen molar-refractivity contribution in [1.82, 2.24) is 4.72 Å². The van der Waals surface area contributed by atoms with Crippen LogP contribution in [0.1, 0.15) is 12.5 Å². The number of sulfonamides is 1. The van der Waals surface area contributed by atoms with Crippen LogP contribution in [0.2, 0.25) is 0 Å². The molecule has 2 N–H and O–H groups in total. The molecule has 1 amide bonds. The van der Waals surface area contributed by atoms with Gasteiger partial charge >= 0.3 is 0 Å². The molecule has 0 bridgehead atoms. The Morgan fingerprint density at radius 1 is 1.28 bits per heavy atom. The van der Waals surface area contributed by atoms with E-state index in [0.717, 1.165) is 14.9 Å². The molecule has 1 aliphatic rings. The van der Waals surface area contributed by atoms with Gasteiger partial charge < -0.3 is 5.32 Å². The predicted octanol–water partition coefficient (Wildman–Crippen LogP) is 3.61. The summed E-state index contributed by atoms with van der Waals surface area (Å²) < 4.78 is 28.6. The van der Waals surface area contributed by atoms with Gasteiger partial charge in [0.2, 0.25) is 15.9 Å². The molecule has 0 radical (unpaired) electrons. The van der Waals surface area contributed by atoms with Gasteiger partial charge in [-0.25, -0.2) is 13.1 Å². The smallest absolute Gasteiger partial charge is 0.240 e. The van der Waals surface area contributed by atoms with Crippen molar-refractivity contribution < 1.29 is 13.2 Å². The molecule has 132 valence electrons. The standard InChI is InChI=1S/C17H17BrN2O3S2/c1-11-10-24-16-6-5-14(8-15(16)20-17(11)21)25(22,23)19-9-12-3-2-4-13(18)7-12/h2-8,11,19H,9-10H2,1H3,(H,20,21). The number of hydrogen-bond donors (Lipinski definition) is 2. The van der Waals surface area contributed by atoms with Crippen LogP contribution in [0.5, 0.6) is 0 Å². The Balaban J connectivity index is 1.81. The molecule has 1 aliphatic heterocycles. The van der Waals surface area contributed by atoms with Crippen LogP contribution in [-0.2, 0) is 21.4 Å². The first-order chi connectivity index (χ1) is 11.8. The van der Waals surface area contributed by atoms with Gasteiger partial charge in [0.1, 0.15) is 0 Å². The summed E-state index contributed by atoms with van der Waals surface area (Å²) in [5.41, 5.74) is 1.40. The Bertz CT molecular complexity index is 916. The highest BCUT2D eigenvalue weighted by atomic mass is 79.9. The monoisotopic (exact) mass is 440 g/mol. The molecule has 25 heavy (non-hydrogen) atoms. The van der Waals surface area contributed by atoms with Crippen LogP contribution in [0.4, 0.5) is 5.69 Å². The lowest BCUT2D eigenvalue weighted by molar-refractivity contribution is -0.118. The van der Waals surface area contributed by atoms with Gasteiger partial charge in [-0.3, -0.25) is 4.79 Å². The number of nitrogens with one attached hydrogen (secondary N) is 2. The van der Waals surface area contributed by atoms with E-state index < -0.39 is 10.0 Å². The molecule has 3 rings (SSSR count). The van der Waals surface area contributed by atoms with Crippen molar-refractivity contribution in [3.05, 3.63) is 52.5 Å². The van der Waals surface area contributed by atoms with Gasteiger partial charge in [0, 0.05) is 27.6 Å². The topological polar surface area (TPSA) is 75.3 Å². The summed E-state index contributed by atoms with van der Waals surface area (Å²) in [4.78, 5) is 13.0. The number of thioether (sulfide) groups is 1. The Hall–Kier alpha value is -1.35. The molecule has 0 saturated carbocycles. The number of hydrogen-bond acceptors (Lipinski definition) is 4. The third-order valence-corrected chi connectivity index (χ3v) is 7.04. The first-order valence-corrected chi connectivity index (χ1v) is 10.9. The summed E-state index contributed by atoms with van der Waals surface area (Å²) in [5.74, 6) is 0.460. The number of carbonyl (C=O) groups excluding carboxylic acids is 1. The van der Waals surface area contributed by atoms with E-state index in [1.807, 2.05) is 31.2 Å². The maximum atomic E-state index is 12.6. The number of amides is 1. The lowest BCUT2D eigenvalue weighted by atomic mass is 10.2. The van der Waals surface area contributed by atoms with Gasteiger partial charge in [0.15, 0.2) is 0 Å². The molecule has 0 aromatic heterocycles. The quantitative estimate of drug-likeness (QED) is 0.760. The number of fused-ring (bicyclic) bond motifs is 1. The summed E-state index contributed by atoms with van der Waals surface area (Å²) in [7, 11) is -3.67. The summed E-state index contributed by atoms with van der Waals surface area (Å²) in [6, 6.07) is 12.3. The van der Waals surface area contributed by atoms with Crippen LogP contribution in [0, 0.1) is 5.92 Å². The van der Waals surface area contributed by atoms with Crippen molar-refractivity contribution in [2.75, 3.05) is 11.1 Å². The van der Waals surface area contributed by atoms with Gasteiger partial charge in [-0.05, 0) is 35.9 Å². The molecule has 2 aromatic carbocycles. The maximum Gasteiger partial charge on any atom is 0.240 e. The van der Waals surface area contributed by atoms with Crippen molar-refractivity contribution in [3.63, 3.8) is 0 Å². The van der Waals surface area contributed by atoms with Gasteiger partial charge in [-0.1, -0.05) is 35.0 Å². The minimum Gasteiger partial charge on any atom is -0.325 e. The van der Waals surface area contributed by atoms with Gasteiger partial charge in [-0.2, -0.15) is 0 Å². The van der Waals surface area contributed by atoms with Gasteiger partial charge in [-0.15, -0.1) is 11.8 Å². The molecule has 2 aromatic rings. The molecule has 1 atom stereocenters. The zero-order valence-corrected chi connectivity index (χ0v) is 16.7. The van der Waals surface area contributed by atoms with Crippen LogP contribution in [-0.4, -0.2) is 20.1 Å². The Kier molecular flexibility index (Phi) is 5.52. The van der Waals surface area contributed by atoms with Crippen LogP contribution in [0.25, 0.3) is 0 Å². The van der Waals surface area contributed by atoms with Crippen molar-refractivity contribution in [2.24, 2.45) is 5.92 Å². The second-order valence-electron chi connectivity index (χ2n) is 5.81. The minimum atomic E-state index is -3.67. The molecular weight excluding hydrogens is 424 g/mol. The van der Waals surface area contributed by atoms with E-state index >= 15 is 0 Å².